The van der Waals surface area contributed by atoms with Crippen LogP contribution in [0.25, 0.3) is 0 Å². The Morgan fingerprint density at radius 3 is 2.75 bits per heavy atom. The topological polar surface area (TPSA) is 75.2 Å². The Labute approximate surface area is 190 Å². The largest absolute Gasteiger partial charge is 0.355 e. The van der Waals surface area contributed by atoms with Crippen LogP contribution in [-0.4, -0.2) is 46.3 Å². The molecule has 2 aliphatic rings. The molecule has 0 spiro atoms. The molecular weight excluding hydrogens is 400 g/mol. The van der Waals surface area contributed by atoms with E-state index in [4.69, 9.17) is 4.98 Å². The number of hydrogen-bond acceptors (Lipinski definition) is 4. The van der Waals surface area contributed by atoms with Gasteiger partial charge in [0.1, 0.15) is 5.82 Å². The van der Waals surface area contributed by atoms with Crippen LogP contribution in [0.2, 0.25) is 0 Å². The number of likely N-dealkylation sites (tertiary alicyclic amines) is 1. The summed E-state index contributed by atoms with van der Waals surface area (Å²) < 4.78 is 0. The van der Waals surface area contributed by atoms with Crippen LogP contribution in [0.4, 0.5) is 0 Å². The van der Waals surface area contributed by atoms with Crippen molar-refractivity contribution >= 4 is 11.8 Å². The maximum absolute atomic E-state index is 12.7. The quantitative estimate of drug-likeness (QED) is 0.692. The molecule has 1 saturated heterocycles. The Kier molecular flexibility index (Phi) is 7.51. The van der Waals surface area contributed by atoms with Crippen LogP contribution in [0.15, 0.2) is 30.3 Å². The van der Waals surface area contributed by atoms with Crippen molar-refractivity contribution in [1.82, 2.24) is 20.2 Å². The Hall–Kier alpha value is -2.76. The summed E-state index contributed by atoms with van der Waals surface area (Å²) in [6, 6.07) is 10.3. The zero-order chi connectivity index (χ0) is 22.3. The van der Waals surface area contributed by atoms with Crippen molar-refractivity contribution in [2.24, 2.45) is 5.92 Å². The lowest BCUT2D eigenvalue weighted by Crippen LogP contribution is -2.46. The molecule has 0 radical (unpaired) electrons. The highest BCUT2D eigenvalue weighted by Gasteiger charge is 2.29. The highest BCUT2D eigenvalue weighted by Crippen LogP contribution is 2.22. The van der Waals surface area contributed by atoms with Gasteiger partial charge in [0.2, 0.25) is 11.8 Å². The van der Waals surface area contributed by atoms with Crippen LogP contribution in [0.1, 0.15) is 60.4 Å². The average molecular weight is 435 g/mol. The normalized spacial score (nSPS) is 18.3. The number of nitrogens with zero attached hydrogens (tertiary/aromatic N) is 3. The minimum absolute atomic E-state index is 0.0419. The number of benzene rings is 1. The fourth-order valence-electron chi connectivity index (χ4n) is 4.86. The van der Waals surface area contributed by atoms with Crippen molar-refractivity contribution < 1.29 is 9.59 Å². The fourth-order valence-corrected chi connectivity index (χ4v) is 4.86. The first-order valence-corrected chi connectivity index (χ1v) is 12.0. The number of rotatable bonds is 8. The lowest BCUT2D eigenvalue weighted by molar-refractivity contribution is -0.138. The third-order valence-corrected chi connectivity index (χ3v) is 6.69. The molecule has 0 unspecified atom stereocenters. The van der Waals surface area contributed by atoms with E-state index in [1.165, 1.54) is 29.7 Å². The maximum atomic E-state index is 12.7. The summed E-state index contributed by atoms with van der Waals surface area (Å²) in [4.78, 5) is 36.4. The summed E-state index contributed by atoms with van der Waals surface area (Å²) in [6.45, 7) is 3.84. The molecule has 1 aliphatic carbocycles. The fraction of sp³-hybridized carbons (Fsp3) is 0.538. The maximum Gasteiger partial charge on any atom is 0.224 e. The van der Waals surface area contributed by atoms with Crippen LogP contribution in [0.5, 0.6) is 0 Å². The van der Waals surface area contributed by atoms with Gasteiger partial charge < -0.3 is 10.2 Å². The van der Waals surface area contributed by atoms with Crippen molar-refractivity contribution in [2.45, 2.75) is 64.7 Å². The molecule has 1 aromatic heterocycles. The van der Waals surface area contributed by atoms with E-state index in [9.17, 15) is 9.59 Å². The molecule has 6 heteroatoms. The SMILES string of the molecule is Cc1nc(CCNC(=O)[C@@H]2CCC(=O)N(CCCc3ccccc3)C2)nc2c1CCCC2. The first-order valence-electron chi connectivity index (χ1n) is 12.0. The van der Waals surface area contributed by atoms with Gasteiger partial charge in [-0.2, -0.15) is 0 Å². The monoisotopic (exact) mass is 434 g/mol. The number of hydrogen-bond donors (Lipinski definition) is 1. The van der Waals surface area contributed by atoms with Gasteiger partial charge in [-0.15, -0.1) is 0 Å². The molecule has 1 atom stereocenters. The molecule has 6 nitrogen and oxygen atoms in total. The van der Waals surface area contributed by atoms with Gasteiger partial charge in [0.15, 0.2) is 0 Å². The molecule has 1 aliphatic heterocycles. The van der Waals surface area contributed by atoms with Crippen molar-refractivity contribution in [2.75, 3.05) is 19.6 Å². The lowest BCUT2D eigenvalue weighted by Gasteiger charge is -2.32. The van der Waals surface area contributed by atoms with E-state index in [0.29, 0.717) is 38.9 Å². The number of fused-ring (bicyclic) bond motifs is 1. The average Bonchev–Trinajstić information content (AvgIpc) is 2.81. The van der Waals surface area contributed by atoms with Crippen LogP contribution in [-0.2, 0) is 35.3 Å². The molecule has 4 rings (SSSR count). The molecular formula is C26H34N4O2. The molecule has 1 fully saturated rings. The number of carbonyl (C=O) groups is 2. The van der Waals surface area contributed by atoms with Crippen LogP contribution in [0.3, 0.4) is 0 Å². The van der Waals surface area contributed by atoms with Gasteiger partial charge in [-0.25, -0.2) is 9.97 Å². The van der Waals surface area contributed by atoms with Gasteiger partial charge >= 0.3 is 0 Å². The van der Waals surface area contributed by atoms with Crippen LogP contribution < -0.4 is 5.32 Å². The Morgan fingerprint density at radius 1 is 1.09 bits per heavy atom. The minimum Gasteiger partial charge on any atom is -0.355 e. The first-order chi connectivity index (χ1) is 15.6. The Morgan fingerprint density at radius 2 is 1.91 bits per heavy atom. The van der Waals surface area contributed by atoms with E-state index < -0.39 is 0 Å². The molecule has 2 amide bonds. The number of piperidine rings is 1. The first kappa shape index (κ1) is 22.4. The van der Waals surface area contributed by atoms with Crippen LogP contribution in [0, 0.1) is 12.8 Å². The molecule has 1 aromatic carbocycles. The summed E-state index contributed by atoms with van der Waals surface area (Å²) >= 11 is 0. The second-order valence-corrected chi connectivity index (χ2v) is 9.06. The summed E-state index contributed by atoms with van der Waals surface area (Å²) in [6.07, 6.45) is 8.13. The van der Waals surface area contributed by atoms with Gasteiger partial charge in [-0.3, -0.25) is 9.59 Å². The second kappa shape index (κ2) is 10.7. The predicted molar refractivity (Wildman–Crippen MR) is 124 cm³/mol. The Balaban J connectivity index is 1.23. The summed E-state index contributed by atoms with van der Waals surface area (Å²) in [5, 5.41) is 3.06. The van der Waals surface area contributed by atoms with Gasteiger partial charge in [0.05, 0.1) is 5.92 Å². The summed E-state index contributed by atoms with van der Waals surface area (Å²) in [7, 11) is 0. The highest BCUT2D eigenvalue weighted by atomic mass is 16.2. The summed E-state index contributed by atoms with van der Waals surface area (Å²) in [5.74, 6) is 0.903. The van der Waals surface area contributed by atoms with Crippen LogP contribution >= 0.6 is 0 Å². The molecule has 2 aromatic rings. The second-order valence-electron chi connectivity index (χ2n) is 9.06. The predicted octanol–water partition coefficient (Wildman–Crippen LogP) is 3.19. The van der Waals surface area contributed by atoms with Gasteiger partial charge in [-0.1, -0.05) is 30.3 Å². The van der Waals surface area contributed by atoms with Gasteiger partial charge in [-0.05, 0) is 63.0 Å². The number of aryl methyl sites for hydroxylation is 3. The van der Waals surface area contributed by atoms with Gasteiger partial charge in [0.25, 0.3) is 0 Å². The smallest absolute Gasteiger partial charge is 0.224 e. The van der Waals surface area contributed by atoms with Crippen molar-refractivity contribution in [1.29, 1.82) is 0 Å². The zero-order valence-corrected chi connectivity index (χ0v) is 19.1. The lowest BCUT2D eigenvalue weighted by atomic mass is 9.95. The van der Waals surface area contributed by atoms with E-state index in [1.807, 2.05) is 23.1 Å². The molecule has 32 heavy (non-hydrogen) atoms. The van der Waals surface area contributed by atoms with Crippen molar-refractivity contribution in [3.05, 3.63) is 58.7 Å². The van der Waals surface area contributed by atoms with E-state index in [-0.39, 0.29) is 17.7 Å². The highest BCUT2D eigenvalue weighted by molar-refractivity contribution is 5.83. The van der Waals surface area contributed by atoms with Crippen molar-refractivity contribution in [3.63, 3.8) is 0 Å². The van der Waals surface area contributed by atoms with Crippen molar-refractivity contribution in [3.8, 4) is 0 Å². The van der Waals surface area contributed by atoms with Gasteiger partial charge in [0, 0.05) is 43.9 Å². The molecule has 1 N–H and O–H groups in total. The number of amides is 2. The standard InChI is InChI=1S/C26H34N4O2/c1-19-22-11-5-6-12-23(22)29-24(28-19)15-16-27-26(32)21-13-14-25(31)30(18-21)17-7-10-20-8-3-2-4-9-20/h2-4,8-9,21H,5-7,10-18H2,1H3,(H,27,32)/t21-/m1/s1. The molecule has 2 heterocycles. The molecule has 0 saturated carbocycles. The van der Waals surface area contributed by atoms with E-state index in [1.54, 1.807) is 0 Å². The van der Waals surface area contributed by atoms with E-state index in [0.717, 1.165) is 37.2 Å². The molecule has 0 bridgehead atoms. The molecule has 170 valence electrons. The Bertz CT molecular complexity index is 944. The third-order valence-electron chi connectivity index (χ3n) is 6.69. The number of carbonyl (C=O) groups excluding carboxylic acids is 2. The van der Waals surface area contributed by atoms with E-state index in [2.05, 4.69) is 29.4 Å². The number of aromatic nitrogens is 2. The summed E-state index contributed by atoms with van der Waals surface area (Å²) in [5.41, 5.74) is 4.89. The minimum atomic E-state index is -0.129. The number of nitrogens with one attached hydrogen (secondary N) is 1. The third kappa shape index (κ3) is 5.72. The zero-order valence-electron chi connectivity index (χ0n) is 19.1. The van der Waals surface area contributed by atoms with E-state index >= 15 is 0 Å².